The summed E-state index contributed by atoms with van der Waals surface area (Å²) >= 11 is 9.44. The topological polar surface area (TPSA) is 18.5 Å². The van der Waals surface area contributed by atoms with Crippen LogP contribution in [-0.4, -0.2) is 18.5 Å². The van der Waals surface area contributed by atoms with Gasteiger partial charge in [-0.2, -0.15) is 0 Å². The molecule has 4 heteroatoms. The minimum atomic E-state index is 0.0115. The van der Waals surface area contributed by atoms with Gasteiger partial charge >= 0.3 is 0 Å². The summed E-state index contributed by atoms with van der Waals surface area (Å²) in [5.74, 6) is 0.858. The van der Waals surface area contributed by atoms with E-state index in [0.29, 0.717) is 11.6 Å². The van der Waals surface area contributed by atoms with Crippen LogP contribution in [0, 0.1) is 0 Å². The molecule has 1 aliphatic heterocycles. The molecule has 0 unspecified atom stereocenters. The van der Waals surface area contributed by atoms with Crippen molar-refractivity contribution in [2.75, 3.05) is 13.7 Å². The van der Waals surface area contributed by atoms with Crippen LogP contribution in [0.2, 0.25) is 5.02 Å². The molecule has 0 aliphatic carbocycles. The van der Waals surface area contributed by atoms with E-state index in [4.69, 9.17) is 21.1 Å². The van der Waals surface area contributed by atoms with Crippen LogP contribution in [-0.2, 0) is 4.74 Å². The summed E-state index contributed by atoms with van der Waals surface area (Å²) < 4.78 is 10.9. The Balaban J connectivity index is 2.43. The van der Waals surface area contributed by atoms with Crippen molar-refractivity contribution in [3.63, 3.8) is 0 Å². The fourth-order valence-corrected chi connectivity index (χ4v) is 2.41. The highest BCUT2D eigenvalue weighted by molar-refractivity contribution is 9.09. The first kappa shape index (κ1) is 10.3. The largest absolute Gasteiger partial charge is 0.492 e. The van der Waals surface area contributed by atoms with Gasteiger partial charge in [-0.3, -0.25) is 0 Å². The third kappa shape index (κ3) is 1.76. The second-order valence-corrected chi connectivity index (χ2v) is 4.78. The normalized spacial score (nSPS) is 25.4. The van der Waals surface area contributed by atoms with Gasteiger partial charge in [0.05, 0.1) is 4.83 Å². The van der Waals surface area contributed by atoms with Crippen LogP contribution >= 0.6 is 27.5 Å². The van der Waals surface area contributed by atoms with Crippen molar-refractivity contribution in [2.24, 2.45) is 0 Å². The standard InChI is InChI=1S/C10H10BrClO2/c1-13-10-7-4-6(12)2-3-9(7)14-5-8(10)11/h2-4,8,10H,5H2,1H3/t8-,10-/m0/s1. The summed E-state index contributed by atoms with van der Waals surface area (Å²) in [6, 6.07) is 5.59. The molecule has 1 aliphatic rings. The molecule has 0 radical (unpaired) electrons. The van der Waals surface area contributed by atoms with E-state index in [-0.39, 0.29) is 10.9 Å². The van der Waals surface area contributed by atoms with Gasteiger partial charge in [-0.1, -0.05) is 27.5 Å². The molecule has 0 amide bonds. The number of fused-ring (bicyclic) bond motifs is 1. The number of hydrogen-bond acceptors (Lipinski definition) is 2. The molecule has 1 aromatic carbocycles. The summed E-state index contributed by atoms with van der Waals surface area (Å²) in [5.41, 5.74) is 1.01. The Hall–Kier alpha value is -0.250. The van der Waals surface area contributed by atoms with Gasteiger partial charge in [0.15, 0.2) is 0 Å². The molecule has 0 N–H and O–H groups in total. The third-order valence-electron chi connectivity index (χ3n) is 2.26. The van der Waals surface area contributed by atoms with Crippen LogP contribution in [0.25, 0.3) is 0 Å². The quantitative estimate of drug-likeness (QED) is 0.734. The zero-order valence-corrected chi connectivity index (χ0v) is 10.0. The third-order valence-corrected chi connectivity index (χ3v) is 3.24. The maximum absolute atomic E-state index is 5.92. The summed E-state index contributed by atoms with van der Waals surface area (Å²) in [6.07, 6.45) is 0.0115. The first-order valence-corrected chi connectivity index (χ1v) is 5.61. The van der Waals surface area contributed by atoms with Crippen LogP contribution in [0.15, 0.2) is 18.2 Å². The summed E-state index contributed by atoms with van der Waals surface area (Å²) in [6.45, 7) is 0.618. The monoisotopic (exact) mass is 276 g/mol. The molecule has 0 spiro atoms. The number of rotatable bonds is 1. The SMILES string of the molecule is CO[C@H]1c2cc(Cl)ccc2OC[C@@H]1Br. The van der Waals surface area contributed by atoms with E-state index in [2.05, 4.69) is 15.9 Å². The molecule has 2 atom stereocenters. The fourth-order valence-electron chi connectivity index (χ4n) is 1.60. The molecule has 0 fully saturated rings. The smallest absolute Gasteiger partial charge is 0.125 e. The van der Waals surface area contributed by atoms with Gasteiger partial charge in [0.2, 0.25) is 0 Å². The molecule has 1 aromatic rings. The Morgan fingerprint density at radius 3 is 3.07 bits per heavy atom. The van der Waals surface area contributed by atoms with E-state index in [9.17, 15) is 0 Å². The summed E-state index contributed by atoms with van der Waals surface area (Å²) in [5, 5.41) is 0.705. The van der Waals surface area contributed by atoms with E-state index in [1.165, 1.54) is 0 Å². The number of methoxy groups -OCH3 is 1. The number of hydrogen-bond donors (Lipinski definition) is 0. The highest BCUT2D eigenvalue weighted by Gasteiger charge is 2.29. The zero-order chi connectivity index (χ0) is 10.1. The maximum Gasteiger partial charge on any atom is 0.125 e. The van der Waals surface area contributed by atoms with Gasteiger partial charge in [0, 0.05) is 17.7 Å². The van der Waals surface area contributed by atoms with Crippen molar-refractivity contribution >= 4 is 27.5 Å². The lowest BCUT2D eigenvalue weighted by Crippen LogP contribution is -2.27. The Labute approximate surface area is 96.3 Å². The summed E-state index contributed by atoms with van der Waals surface area (Å²) in [4.78, 5) is 0.179. The molecule has 2 rings (SSSR count). The van der Waals surface area contributed by atoms with Gasteiger partial charge in [0.25, 0.3) is 0 Å². The second-order valence-electron chi connectivity index (χ2n) is 3.17. The fraction of sp³-hybridized carbons (Fsp3) is 0.400. The Morgan fingerprint density at radius 1 is 1.57 bits per heavy atom. The van der Waals surface area contributed by atoms with Crippen molar-refractivity contribution < 1.29 is 9.47 Å². The van der Waals surface area contributed by atoms with Crippen LogP contribution in [0.4, 0.5) is 0 Å². The average molecular weight is 278 g/mol. The lowest BCUT2D eigenvalue weighted by molar-refractivity contribution is 0.0716. The van der Waals surface area contributed by atoms with E-state index >= 15 is 0 Å². The van der Waals surface area contributed by atoms with Gasteiger partial charge < -0.3 is 9.47 Å². The lowest BCUT2D eigenvalue weighted by atomic mass is 10.0. The Kier molecular flexibility index (Phi) is 3.00. The predicted octanol–water partition coefficient (Wildman–Crippen LogP) is 3.18. The van der Waals surface area contributed by atoms with E-state index in [1.807, 2.05) is 18.2 Å². The van der Waals surface area contributed by atoms with Crippen LogP contribution < -0.4 is 4.74 Å². The lowest BCUT2D eigenvalue weighted by Gasteiger charge is -2.29. The summed E-state index contributed by atoms with van der Waals surface area (Å²) in [7, 11) is 1.69. The minimum Gasteiger partial charge on any atom is -0.492 e. The molecule has 0 saturated heterocycles. The Morgan fingerprint density at radius 2 is 2.36 bits per heavy atom. The van der Waals surface area contributed by atoms with Crippen LogP contribution in [0.3, 0.4) is 0 Å². The van der Waals surface area contributed by atoms with Crippen molar-refractivity contribution in [1.29, 1.82) is 0 Å². The number of ether oxygens (including phenoxy) is 2. The minimum absolute atomic E-state index is 0.0115. The van der Waals surface area contributed by atoms with Crippen molar-refractivity contribution in [3.8, 4) is 5.75 Å². The highest BCUT2D eigenvalue weighted by Crippen LogP contribution is 2.38. The molecule has 0 aromatic heterocycles. The van der Waals surface area contributed by atoms with Crippen LogP contribution in [0.5, 0.6) is 5.75 Å². The number of halogens is 2. The van der Waals surface area contributed by atoms with E-state index in [1.54, 1.807) is 7.11 Å². The molecule has 2 nitrogen and oxygen atoms in total. The van der Waals surface area contributed by atoms with Crippen molar-refractivity contribution in [1.82, 2.24) is 0 Å². The second kappa shape index (κ2) is 4.09. The first-order chi connectivity index (χ1) is 6.72. The maximum atomic E-state index is 5.92. The average Bonchev–Trinajstić information content (AvgIpc) is 2.17. The molecule has 1 heterocycles. The Bertz CT molecular complexity index is 343. The van der Waals surface area contributed by atoms with E-state index < -0.39 is 0 Å². The van der Waals surface area contributed by atoms with Gasteiger partial charge in [-0.25, -0.2) is 0 Å². The van der Waals surface area contributed by atoms with E-state index in [0.717, 1.165) is 11.3 Å². The highest BCUT2D eigenvalue weighted by atomic mass is 79.9. The van der Waals surface area contributed by atoms with Crippen molar-refractivity contribution in [2.45, 2.75) is 10.9 Å². The number of benzene rings is 1. The number of alkyl halides is 1. The molecule has 0 saturated carbocycles. The predicted molar refractivity (Wildman–Crippen MR) is 59.4 cm³/mol. The van der Waals surface area contributed by atoms with Gasteiger partial charge in [0.1, 0.15) is 18.5 Å². The molecule has 14 heavy (non-hydrogen) atoms. The zero-order valence-electron chi connectivity index (χ0n) is 7.67. The molecular weight excluding hydrogens is 267 g/mol. The van der Waals surface area contributed by atoms with Gasteiger partial charge in [-0.15, -0.1) is 0 Å². The van der Waals surface area contributed by atoms with Crippen LogP contribution in [0.1, 0.15) is 11.7 Å². The first-order valence-electron chi connectivity index (χ1n) is 4.31. The molecule has 0 bridgehead atoms. The molecular formula is C10H10BrClO2. The molecule has 76 valence electrons. The van der Waals surface area contributed by atoms with Crippen molar-refractivity contribution in [3.05, 3.63) is 28.8 Å². The van der Waals surface area contributed by atoms with Gasteiger partial charge in [-0.05, 0) is 18.2 Å².